The highest BCUT2D eigenvalue weighted by molar-refractivity contribution is 7.26. The van der Waals surface area contributed by atoms with Crippen LogP contribution >= 0.6 is 11.3 Å². The van der Waals surface area contributed by atoms with Crippen LogP contribution in [0.5, 0.6) is 0 Å². The third kappa shape index (κ3) is 4.17. The van der Waals surface area contributed by atoms with Crippen molar-refractivity contribution in [2.75, 3.05) is 4.90 Å². The first-order chi connectivity index (χ1) is 23.8. The highest BCUT2D eigenvalue weighted by Gasteiger charge is 2.21. The van der Waals surface area contributed by atoms with Crippen LogP contribution in [0.1, 0.15) is 0 Å². The lowest BCUT2D eigenvalue weighted by Gasteiger charge is -2.28. The summed E-state index contributed by atoms with van der Waals surface area (Å²) in [6.07, 6.45) is 0. The minimum atomic E-state index is 1.13. The zero-order valence-electron chi connectivity index (χ0n) is 26.1. The van der Waals surface area contributed by atoms with Crippen molar-refractivity contribution in [3.05, 3.63) is 176 Å². The molecular formula is C46H29NS. The molecule has 1 heterocycles. The Morgan fingerprint density at radius 2 is 0.896 bits per heavy atom. The van der Waals surface area contributed by atoms with Crippen molar-refractivity contribution in [3.63, 3.8) is 0 Å². The Balaban J connectivity index is 1.23. The third-order valence-corrected chi connectivity index (χ3v) is 11.0. The second-order valence-electron chi connectivity index (χ2n) is 12.5. The number of hydrogen-bond donors (Lipinski definition) is 0. The average molecular weight is 628 g/mol. The van der Waals surface area contributed by atoms with E-state index in [9.17, 15) is 0 Å². The Morgan fingerprint density at radius 1 is 0.354 bits per heavy atom. The van der Waals surface area contributed by atoms with Crippen molar-refractivity contribution < 1.29 is 0 Å². The van der Waals surface area contributed by atoms with Gasteiger partial charge in [0.05, 0.1) is 16.1 Å². The summed E-state index contributed by atoms with van der Waals surface area (Å²) in [5.74, 6) is 0. The van der Waals surface area contributed by atoms with E-state index in [-0.39, 0.29) is 0 Å². The minimum absolute atomic E-state index is 1.13. The Labute approximate surface area is 282 Å². The van der Waals surface area contributed by atoms with Gasteiger partial charge in [-0.05, 0) is 85.2 Å². The molecule has 0 aliphatic carbocycles. The lowest BCUT2D eigenvalue weighted by Crippen LogP contribution is -2.11. The van der Waals surface area contributed by atoms with Gasteiger partial charge in [-0.25, -0.2) is 0 Å². The molecule has 2 heteroatoms. The second-order valence-corrected chi connectivity index (χ2v) is 13.5. The molecule has 10 aromatic rings. The first kappa shape index (κ1) is 27.2. The first-order valence-corrected chi connectivity index (χ1v) is 17.3. The molecule has 0 radical (unpaired) electrons. The van der Waals surface area contributed by atoms with Crippen LogP contribution in [0.25, 0.3) is 74.4 Å². The lowest BCUT2D eigenvalue weighted by atomic mass is 9.93. The first-order valence-electron chi connectivity index (χ1n) is 16.4. The van der Waals surface area contributed by atoms with Crippen molar-refractivity contribution in [1.82, 2.24) is 0 Å². The summed E-state index contributed by atoms with van der Waals surface area (Å²) >= 11 is 1.88. The van der Waals surface area contributed by atoms with Crippen molar-refractivity contribution in [1.29, 1.82) is 0 Å². The molecule has 1 aromatic heterocycles. The van der Waals surface area contributed by atoms with Gasteiger partial charge < -0.3 is 4.90 Å². The molecule has 0 unspecified atom stereocenters. The van der Waals surface area contributed by atoms with Crippen LogP contribution < -0.4 is 4.90 Å². The van der Waals surface area contributed by atoms with Gasteiger partial charge in [0, 0.05) is 26.5 Å². The molecular weight excluding hydrogens is 599 g/mol. The van der Waals surface area contributed by atoms with Gasteiger partial charge in [0.2, 0.25) is 0 Å². The Hall–Kier alpha value is -5.96. The molecule has 0 aliphatic heterocycles. The SMILES string of the molecule is c1ccc2c(c1)cc(-c1ccc(N(c3cc4ccccc4c4ccccc34)c3cccc4c3sc3ccccc34)cc1)c1ccccc12. The fourth-order valence-electron chi connectivity index (χ4n) is 7.62. The predicted octanol–water partition coefficient (Wildman–Crippen LogP) is 13.8. The van der Waals surface area contributed by atoms with Gasteiger partial charge in [-0.1, -0.05) is 140 Å². The van der Waals surface area contributed by atoms with E-state index in [0.717, 1.165) is 5.69 Å². The van der Waals surface area contributed by atoms with Crippen LogP contribution in [0.2, 0.25) is 0 Å². The lowest BCUT2D eigenvalue weighted by molar-refractivity contribution is 1.32. The molecule has 224 valence electrons. The number of nitrogens with zero attached hydrogens (tertiary/aromatic N) is 1. The molecule has 0 saturated heterocycles. The zero-order valence-corrected chi connectivity index (χ0v) is 26.9. The van der Waals surface area contributed by atoms with E-state index in [1.54, 1.807) is 0 Å². The van der Waals surface area contributed by atoms with E-state index in [2.05, 4.69) is 181 Å². The van der Waals surface area contributed by atoms with E-state index in [1.165, 1.54) is 85.8 Å². The second kappa shape index (κ2) is 10.8. The fraction of sp³-hybridized carbons (Fsp3) is 0. The van der Waals surface area contributed by atoms with E-state index in [0.29, 0.717) is 0 Å². The maximum absolute atomic E-state index is 2.48. The monoisotopic (exact) mass is 627 g/mol. The van der Waals surface area contributed by atoms with E-state index in [4.69, 9.17) is 0 Å². The maximum atomic E-state index is 2.48. The minimum Gasteiger partial charge on any atom is -0.308 e. The smallest absolute Gasteiger partial charge is 0.0640 e. The van der Waals surface area contributed by atoms with Gasteiger partial charge in [-0.2, -0.15) is 0 Å². The zero-order chi connectivity index (χ0) is 31.6. The number of rotatable bonds is 4. The molecule has 0 N–H and O–H groups in total. The normalized spacial score (nSPS) is 11.8. The average Bonchev–Trinajstić information content (AvgIpc) is 3.55. The molecule has 0 saturated carbocycles. The highest BCUT2D eigenvalue weighted by Crippen LogP contribution is 2.48. The van der Waals surface area contributed by atoms with Gasteiger partial charge in [0.25, 0.3) is 0 Å². The molecule has 0 spiro atoms. The number of hydrogen-bond acceptors (Lipinski definition) is 2. The summed E-state index contributed by atoms with van der Waals surface area (Å²) in [6.45, 7) is 0. The van der Waals surface area contributed by atoms with Gasteiger partial charge in [-0.15, -0.1) is 11.3 Å². The Morgan fingerprint density at radius 3 is 1.62 bits per heavy atom. The summed E-state index contributed by atoms with van der Waals surface area (Å²) in [7, 11) is 0. The van der Waals surface area contributed by atoms with Gasteiger partial charge in [0.1, 0.15) is 0 Å². The van der Waals surface area contributed by atoms with Crippen molar-refractivity contribution in [3.8, 4) is 11.1 Å². The molecule has 9 aromatic carbocycles. The Bertz CT molecular complexity index is 2840. The number of thiophene rings is 1. The number of anilines is 3. The fourth-order valence-corrected chi connectivity index (χ4v) is 8.83. The van der Waals surface area contributed by atoms with Crippen molar-refractivity contribution in [2.24, 2.45) is 0 Å². The maximum Gasteiger partial charge on any atom is 0.0640 e. The molecule has 48 heavy (non-hydrogen) atoms. The largest absolute Gasteiger partial charge is 0.308 e. The van der Waals surface area contributed by atoms with E-state index in [1.807, 2.05) is 11.3 Å². The molecule has 0 atom stereocenters. The predicted molar refractivity (Wildman–Crippen MR) is 209 cm³/mol. The van der Waals surface area contributed by atoms with Gasteiger partial charge >= 0.3 is 0 Å². The molecule has 0 amide bonds. The van der Waals surface area contributed by atoms with Crippen LogP contribution in [0, 0.1) is 0 Å². The summed E-state index contributed by atoms with van der Waals surface area (Å²) in [6, 6.07) is 64.5. The third-order valence-electron chi connectivity index (χ3n) is 9.82. The summed E-state index contributed by atoms with van der Waals surface area (Å²) in [5.41, 5.74) is 5.97. The summed E-state index contributed by atoms with van der Waals surface area (Å²) in [4.78, 5) is 2.48. The quantitative estimate of drug-likeness (QED) is 0.176. The van der Waals surface area contributed by atoms with Crippen molar-refractivity contribution in [2.45, 2.75) is 0 Å². The molecule has 0 aliphatic rings. The highest BCUT2D eigenvalue weighted by atomic mass is 32.1. The molecule has 10 rings (SSSR count). The van der Waals surface area contributed by atoms with Crippen LogP contribution in [0.3, 0.4) is 0 Å². The standard InChI is InChI=1S/C46H29NS/c1-3-14-34-31(12-1)28-42(38-18-6-5-16-36(34)38)30-24-26-33(27-25-30)47(43-22-11-21-41-40-20-9-10-23-45(40)48-46(41)43)44-29-32-13-2-4-15-35(32)37-17-7-8-19-39(37)44/h1-29H. The number of fused-ring (bicyclic) bond motifs is 9. The van der Waals surface area contributed by atoms with E-state index < -0.39 is 0 Å². The van der Waals surface area contributed by atoms with Crippen LogP contribution in [-0.4, -0.2) is 0 Å². The van der Waals surface area contributed by atoms with E-state index >= 15 is 0 Å². The van der Waals surface area contributed by atoms with Gasteiger partial charge in [0.15, 0.2) is 0 Å². The van der Waals surface area contributed by atoms with Crippen LogP contribution in [0.15, 0.2) is 176 Å². The topological polar surface area (TPSA) is 3.24 Å². The Kier molecular flexibility index (Phi) is 6.12. The molecule has 1 nitrogen and oxygen atoms in total. The van der Waals surface area contributed by atoms with Gasteiger partial charge in [-0.3, -0.25) is 0 Å². The molecule has 0 fully saturated rings. The van der Waals surface area contributed by atoms with Crippen LogP contribution in [-0.2, 0) is 0 Å². The van der Waals surface area contributed by atoms with Crippen LogP contribution in [0.4, 0.5) is 17.1 Å². The van der Waals surface area contributed by atoms with Crippen molar-refractivity contribution >= 4 is 91.7 Å². The summed E-state index contributed by atoms with van der Waals surface area (Å²) in [5, 5.41) is 12.7. The molecule has 0 bridgehead atoms. The summed E-state index contributed by atoms with van der Waals surface area (Å²) < 4.78 is 2.60. The number of benzene rings is 9.